The molecule has 0 aromatic rings. The van der Waals surface area contributed by atoms with Crippen LogP contribution >= 0.6 is 0 Å². The molecule has 2 atom stereocenters. The van der Waals surface area contributed by atoms with Crippen LogP contribution in [-0.2, 0) is 14.3 Å². The van der Waals surface area contributed by atoms with Gasteiger partial charge in [-0.25, -0.2) is 4.79 Å². The van der Waals surface area contributed by atoms with Crippen molar-refractivity contribution in [2.24, 2.45) is 0 Å². The second kappa shape index (κ2) is 2.70. The van der Waals surface area contributed by atoms with Crippen molar-refractivity contribution in [2.75, 3.05) is 0 Å². The van der Waals surface area contributed by atoms with Crippen molar-refractivity contribution >= 4 is 5.97 Å². The van der Waals surface area contributed by atoms with E-state index in [4.69, 9.17) is 9.47 Å². The highest BCUT2D eigenvalue weighted by Crippen LogP contribution is 2.45. The second-order valence-corrected chi connectivity index (χ2v) is 4.12. The number of carbonyl (C=O) groups excluding carboxylic acids is 1. The van der Waals surface area contributed by atoms with E-state index < -0.39 is 5.79 Å². The van der Waals surface area contributed by atoms with Crippen LogP contribution in [0.2, 0.25) is 0 Å². The Labute approximate surface area is 83.4 Å². The lowest BCUT2D eigenvalue weighted by atomic mass is 10.0. The van der Waals surface area contributed by atoms with Crippen molar-refractivity contribution in [2.45, 2.75) is 38.1 Å². The molecule has 2 heterocycles. The lowest BCUT2D eigenvalue weighted by molar-refractivity contribution is -0.204. The second-order valence-electron chi connectivity index (χ2n) is 4.12. The molecule has 2 rings (SSSR count). The van der Waals surface area contributed by atoms with E-state index >= 15 is 0 Å². The summed E-state index contributed by atoms with van der Waals surface area (Å²) in [6.45, 7) is 7.54. The molecule has 76 valence electrons. The molecule has 0 unspecified atom stereocenters. The zero-order valence-corrected chi connectivity index (χ0v) is 8.50. The molecular formula is C11H14O3. The third-order valence-corrected chi connectivity index (χ3v) is 2.98. The van der Waals surface area contributed by atoms with Crippen molar-refractivity contribution in [3.05, 3.63) is 24.3 Å². The maximum absolute atomic E-state index is 11.1. The van der Waals surface area contributed by atoms with E-state index in [1.807, 2.05) is 13.8 Å². The Morgan fingerprint density at radius 1 is 1.57 bits per heavy atom. The van der Waals surface area contributed by atoms with E-state index in [9.17, 15) is 4.79 Å². The molecule has 3 nitrogen and oxygen atoms in total. The van der Waals surface area contributed by atoms with Crippen LogP contribution in [0.15, 0.2) is 24.3 Å². The Kier molecular flexibility index (Phi) is 1.83. The lowest BCUT2D eigenvalue weighted by Crippen LogP contribution is -2.34. The van der Waals surface area contributed by atoms with E-state index in [2.05, 4.69) is 6.58 Å². The Morgan fingerprint density at radius 3 is 2.71 bits per heavy atom. The van der Waals surface area contributed by atoms with E-state index in [0.29, 0.717) is 6.42 Å². The van der Waals surface area contributed by atoms with Crippen LogP contribution in [0.5, 0.6) is 0 Å². The SMILES string of the molecule is C=C[C@@]1(C)CC[C@]2(OC(=O)C=C2C)O1. The summed E-state index contributed by atoms with van der Waals surface area (Å²) in [7, 11) is 0. The molecule has 0 aromatic heterocycles. The number of hydrogen-bond acceptors (Lipinski definition) is 3. The minimum atomic E-state index is -0.806. The molecule has 2 aliphatic heterocycles. The van der Waals surface area contributed by atoms with Gasteiger partial charge in [-0.1, -0.05) is 6.08 Å². The highest BCUT2D eigenvalue weighted by Gasteiger charge is 2.52. The van der Waals surface area contributed by atoms with E-state index in [1.165, 1.54) is 6.08 Å². The fourth-order valence-electron chi connectivity index (χ4n) is 1.94. The van der Waals surface area contributed by atoms with Crippen LogP contribution in [0.25, 0.3) is 0 Å². The van der Waals surface area contributed by atoms with Gasteiger partial charge in [0.05, 0.1) is 5.60 Å². The predicted molar refractivity (Wildman–Crippen MR) is 51.5 cm³/mol. The number of hydrogen-bond donors (Lipinski definition) is 0. The van der Waals surface area contributed by atoms with Gasteiger partial charge in [-0.3, -0.25) is 0 Å². The van der Waals surface area contributed by atoms with Gasteiger partial charge in [-0.15, -0.1) is 6.58 Å². The van der Waals surface area contributed by atoms with Gasteiger partial charge >= 0.3 is 5.97 Å². The van der Waals surface area contributed by atoms with Crippen molar-refractivity contribution in [1.82, 2.24) is 0 Å². The molecule has 0 amide bonds. The molecule has 0 saturated carbocycles. The summed E-state index contributed by atoms with van der Waals surface area (Å²) in [6.07, 6.45) is 4.80. The summed E-state index contributed by atoms with van der Waals surface area (Å²) >= 11 is 0. The highest BCUT2D eigenvalue weighted by molar-refractivity contribution is 5.86. The zero-order chi connectivity index (χ0) is 10.4. The first-order chi connectivity index (χ1) is 6.50. The molecular weight excluding hydrogens is 180 g/mol. The Morgan fingerprint density at radius 2 is 2.29 bits per heavy atom. The van der Waals surface area contributed by atoms with Gasteiger partial charge < -0.3 is 9.47 Å². The van der Waals surface area contributed by atoms with Crippen LogP contribution in [0.4, 0.5) is 0 Å². The summed E-state index contributed by atoms with van der Waals surface area (Å²) in [5, 5.41) is 0. The first-order valence-electron chi connectivity index (χ1n) is 4.75. The van der Waals surface area contributed by atoms with Crippen LogP contribution in [-0.4, -0.2) is 17.4 Å². The van der Waals surface area contributed by atoms with Crippen LogP contribution < -0.4 is 0 Å². The normalized spacial score (nSPS) is 41.3. The van der Waals surface area contributed by atoms with Gasteiger partial charge in [0.15, 0.2) is 0 Å². The number of esters is 1. The summed E-state index contributed by atoms with van der Waals surface area (Å²) in [4.78, 5) is 11.1. The summed E-state index contributed by atoms with van der Waals surface area (Å²) in [5.74, 6) is -1.11. The minimum Gasteiger partial charge on any atom is -0.426 e. The van der Waals surface area contributed by atoms with Gasteiger partial charge in [-0.05, 0) is 20.3 Å². The average molecular weight is 194 g/mol. The van der Waals surface area contributed by atoms with Gasteiger partial charge in [0.25, 0.3) is 0 Å². The fraction of sp³-hybridized carbons (Fsp3) is 0.545. The van der Waals surface area contributed by atoms with Crippen LogP contribution in [0.3, 0.4) is 0 Å². The maximum Gasteiger partial charge on any atom is 0.333 e. The molecule has 0 bridgehead atoms. The van der Waals surface area contributed by atoms with Crippen molar-refractivity contribution in [3.8, 4) is 0 Å². The van der Waals surface area contributed by atoms with E-state index in [-0.39, 0.29) is 11.6 Å². The quantitative estimate of drug-likeness (QED) is 0.472. The third kappa shape index (κ3) is 1.20. The van der Waals surface area contributed by atoms with Gasteiger partial charge in [-0.2, -0.15) is 0 Å². The van der Waals surface area contributed by atoms with E-state index in [1.54, 1.807) is 6.08 Å². The molecule has 1 spiro atoms. The Bertz CT molecular complexity index is 331. The average Bonchev–Trinajstić information content (AvgIpc) is 2.58. The van der Waals surface area contributed by atoms with Crippen molar-refractivity contribution in [1.29, 1.82) is 0 Å². The maximum atomic E-state index is 11.1. The largest absolute Gasteiger partial charge is 0.426 e. The van der Waals surface area contributed by atoms with Gasteiger partial charge in [0.1, 0.15) is 0 Å². The highest BCUT2D eigenvalue weighted by atomic mass is 16.7. The first kappa shape index (κ1) is 9.46. The van der Waals surface area contributed by atoms with Crippen molar-refractivity contribution in [3.63, 3.8) is 0 Å². The molecule has 0 aromatic carbocycles. The van der Waals surface area contributed by atoms with E-state index in [0.717, 1.165) is 12.0 Å². The van der Waals surface area contributed by atoms with Gasteiger partial charge in [0, 0.05) is 18.1 Å². The lowest BCUT2D eigenvalue weighted by Gasteiger charge is -2.28. The fourth-order valence-corrected chi connectivity index (χ4v) is 1.94. The Balaban J connectivity index is 2.27. The minimum absolute atomic E-state index is 0.309. The van der Waals surface area contributed by atoms with Crippen LogP contribution in [0, 0.1) is 0 Å². The Hall–Kier alpha value is -1.09. The molecule has 14 heavy (non-hydrogen) atoms. The molecule has 0 radical (unpaired) electrons. The molecule has 3 heteroatoms. The number of carbonyl (C=O) groups is 1. The smallest absolute Gasteiger partial charge is 0.333 e. The summed E-state index contributed by atoms with van der Waals surface area (Å²) in [5.41, 5.74) is 0.479. The summed E-state index contributed by atoms with van der Waals surface area (Å²) < 4.78 is 11.0. The molecule has 1 saturated heterocycles. The molecule has 1 fully saturated rings. The molecule has 2 aliphatic rings. The van der Waals surface area contributed by atoms with Gasteiger partial charge in [0.2, 0.25) is 5.79 Å². The van der Waals surface area contributed by atoms with Crippen LogP contribution in [0.1, 0.15) is 26.7 Å². The zero-order valence-electron chi connectivity index (χ0n) is 8.50. The first-order valence-corrected chi connectivity index (χ1v) is 4.75. The predicted octanol–water partition coefficient (Wildman–Crippen LogP) is 1.94. The molecule has 0 aliphatic carbocycles. The summed E-state index contributed by atoms with van der Waals surface area (Å²) in [6, 6.07) is 0. The number of ether oxygens (including phenoxy) is 2. The molecule has 0 N–H and O–H groups in total. The number of rotatable bonds is 1. The monoisotopic (exact) mass is 194 g/mol. The topological polar surface area (TPSA) is 35.5 Å². The van der Waals surface area contributed by atoms with Crippen molar-refractivity contribution < 1.29 is 14.3 Å². The standard InChI is InChI=1S/C11H14O3/c1-4-10(3)5-6-11(14-10)8(2)7-9(12)13-11/h4,7H,1,5-6H2,2-3H3/t10-,11-/m0/s1. The third-order valence-electron chi connectivity index (χ3n) is 2.98.